The normalized spacial score (nSPS) is 26.0. The smallest absolute Gasteiger partial charge is 0.246 e. The van der Waals surface area contributed by atoms with Crippen LogP contribution in [0.15, 0.2) is 18.2 Å². The summed E-state index contributed by atoms with van der Waals surface area (Å²) in [5, 5.41) is 12.9. The first-order valence-corrected chi connectivity index (χ1v) is 7.16. The molecule has 0 spiro atoms. The van der Waals surface area contributed by atoms with E-state index >= 15 is 0 Å². The molecule has 2 aliphatic rings. The molecular formula is C15H20N2O3. The SMILES string of the molecule is NC(=O)C1(NC2CCCCC2)COc2cc(O)ccc21. The number of benzene rings is 1. The van der Waals surface area contributed by atoms with Gasteiger partial charge in [0.25, 0.3) is 0 Å². The van der Waals surface area contributed by atoms with E-state index in [0.717, 1.165) is 18.4 Å². The van der Waals surface area contributed by atoms with Gasteiger partial charge in [0.2, 0.25) is 5.91 Å². The van der Waals surface area contributed by atoms with Crippen molar-refractivity contribution in [1.29, 1.82) is 0 Å². The zero-order valence-electron chi connectivity index (χ0n) is 11.4. The fourth-order valence-electron chi connectivity index (χ4n) is 3.24. The Morgan fingerprint density at radius 1 is 1.35 bits per heavy atom. The molecule has 1 fully saturated rings. The number of carbonyl (C=O) groups is 1. The van der Waals surface area contributed by atoms with E-state index in [9.17, 15) is 9.90 Å². The molecule has 108 valence electrons. The van der Waals surface area contributed by atoms with Gasteiger partial charge in [-0.3, -0.25) is 10.1 Å². The highest BCUT2D eigenvalue weighted by atomic mass is 16.5. The highest BCUT2D eigenvalue weighted by molar-refractivity contribution is 5.88. The van der Waals surface area contributed by atoms with Crippen molar-refractivity contribution in [3.63, 3.8) is 0 Å². The zero-order chi connectivity index (χ0) is 14.2. The summed E-state index contributed by atoms with van der Waals surface area (Å²) in [7, 11) is 0. The second-order valence-corrected chi connectivity index (χ2v) is 5.72. The van der Waals surface area contributed by atoms with Gasteiger partial charge in [-0.05, 0) is 25.0 Å². The maximum atomic E-state index is 12.1. The number of phenolic OH excluding ortho intramolecular Hbond substituents is 1. The lowest BCUT2D eigenvalue weighted by molar-refractivity contribution is -0.125. The first-order chi connectivity index (χ1) is 9.62. The Bertz CT molecular complexity index is 526. The van der Waals surface area contributed by atoms with Crippen LogP contribution in [0.5, 0.6) is 11.5 Å². The molecule has 1 aromatic rings. The second-order valence-electron chi connectivity index (χ2n) is 5.72. The van der Waals surface area contributed by atoms with E-state index in [1.54, 1.807) is 12.1 Å². The number of rotatable bonds is 3. The van der Waals surface area contributed by atoms with Crippen LogP contribution in [-0.2, 0) is 10.3 Å². The van der Waals surface area contributed by atoms with Gasteiger partial charge in [0.1, 0.15) is 18.1 Å². The summed E-state index contributed by atoms with van der Waals surface area (Å²) in [5.74, 6) is 0.237. The third-order valence-corrected chi connectivity index (χ3v) is 4.35. The molecule has 0 radical (unpaired) electrons. The van der Waals surface area contributed by atoms with Crippen LogP contribution in [0.1, 0.15) is 37.7 Å². The van der Waals surface area contributed by atoms with E-state index in [4.69, 9.17) is 10.5 Å². The van der Waals surface area contributed by atoms with Gasteiger partial charge in [-0.15, -0.1) is 0 Å². The van der Waals surface area contributed by atoms with Crippen LogP contribution in [0, 0.1) is 0 Å². The van der Waals surface area contributed by atoms with E-state index in [0.29, 0.717) is 11.8 Å². The number of phenols is 1. The molecule has 5 nitrogen and oxygen atoms in total. The largest absolute Gasteiger partial charge is 0.508 e. The molecule has 0 aromatic heterocycles. The molecule has 3 rings (SSSR count). The van der Waals surface area contributed by atoms with E-state index in [2.05, 4.69) is 5.32 Å². The third kappa shape index (κ3) is 2.12. The average Bonchev–Trinajstić information content (AvgIpc) is 2.79. The number of primary amides is 1. The number of ether oxygens (including phenoxy) is 1. The van der Waals surface area contributed by atoms with Gasteiger partial charge < -0.3 is 15.6 Å². The Kier molecular flexibility index (Phi) is 3.30. The predicted molar refractivity (Wildman–Crippen MR) is 74.5 cm³/mol. The Morgan fingerprint density at radius 2 is 2.10 bits per heavy atom. The maximum Gasteiger partial charge on any atom is 0.246 e. The van der Waals surface area contributed by atoms with Gasteiger partial charge in [0.05, 0.1) is 0 Å². The van der Waals surface area contributed by atoms with Crippen LogP contribution < -0.4 is 15.8 Å². The highest BCUT2D eigenvalue weighted by Crippen LogP contribution is 2.40. The van der Waals surface area contributed by atoms with Gasteiger partial charge in [-0.25, -0.2) is 0 Å². The van der Waals surface area contributed by atoms with Crippen molar-refractivity contribution in [2.75, 3.05) is 6.61 Å². The summed E-state index contributed by atoms with van der Waals surface area (Å²) in [5.41, 5.74) is 5.42. The maximum absolute atomic E-state index is 12.1. The summed E-state index contributed by atoms with van der Waals surface area (Å²) in [6, 6.07) is 5.11. The summed E-state index contributed by atoms with van der Waals surface area (Å²) in [6.45, 7) is 0.192. The van der Waals surface area contributed by atoms with E-state index < -0.39 is 11.4 Å². The van der Waals surface area contributed by atoms with Crippen LogP contribution in [0.3, 0.4) is 0 Å². The average molecular weight is 276 g/mol. The molecule has 1 saturated carbocycles. The van der Waals surface area contributed by atoms with E-state index in [-0.39, 0.29) is 12.4 Å². The number of hydrogen-bond acceptors (Lipinski definition) is 4. The van der Waals surface area contributed by atoms with Crippen molar-refractivity contribution >= 4 is 5.91 Å². The molecule has 5 heteroatoms. The molecule has 4 N–H and O–H groups in total. The lowest BCUT2D eigenvalue weighted by Gasteiger charge is -2.33. The van der Waals surface area contributed by atoms with Gasteiger partial charge in [-0.1, -0.05) is 19.3 Å². The molecule has 0 bridgehead atoms. The number of hydrogen-bond donors (Lipinski definition) is 3. The number of amides is 1. The molecular weight excluding hydrogens is 256 g/mol. The zero-order valence-corrected chi connectivity index (χ0v) is 11.4. The number of nitrogens with two attached hydrogens (primary N) is 1. The van der Waals surface area contributed by atoms with Crippen molar-refractivity contribution in [3.8, 4) is 11.5 Å². The number of carbonyl (C=O) groups excluding carboxylic acids is 1. The van der Waals surface area contributed by atoms with E-state index in [1.165, 1.54) is 25.3 Å². The number of aromatic hydroxyl groups is 1. The lowest BCUT2D eigenvalue weighted by atomic mass is 9.87. The Balaban J connectivity index is 1.92. The molecule has 1 atom stereocenters. The molecule has 20 heavy (non-hydrogen) atoms. The molecule has 1 aliphatic carbocycles. The van der Waals surface area contributed by atoms with Crippen molar-refractivity contribution in [3.05, 3.63) is 23.8 Å². The molecule has 1 amide bonds. The van der Waals surface area contributed by atoms with Crippen molar-refractivity contribution in [2.24, 2.45) is 5.73 Å². The van der Waals surface area contributed by atoms with Gasteiger partial charge in [0, 0.05) is 17.7 Å². The van der Waals surface area contributed by atoms with Gasteiger partial charge in [-0.2, -0.15) is 0 Å². The molecule has 0 saturated heterocycles. The molecule has 1 unspecified atom stereocenters. The highest BCUT2D eigenvalue weighted by Gasteiger charge is 2.47. The van der Waals surface area contributed by atoms with Gasteiger partial charge >= 0.3 is 0 Å². The van der Waals surface area contributed by atoms with Crippen molar-refractivity contribution in [2.45, 2.75) is 43.7 Å². The van der Waals surface area contributed by atoms with Gasteiger partial charge in [0.15, 0.2) is 5.54 Å². The van der Waals surface area contributed by atoms with Crippen LogP contribution in [0.25, 0.3) is 0 Å². The first-order valence-electron chi connectivity index (χ1n) is 7.16. The third-order valence-electron chi connectivity index (χ3n) is 4.35. The topological polar surface area (TPSA) is 84.6 Å². The fraction of sp³-hybridized carbons (Fsp3) is 0.533. The standard InChI is InChI=1S/C15H20N2O3/c16-14(19)15(17-10-4-2-1-3-5-10)9-20-13-8-11(18)6-7-12(13)15/h6-8,10,17-18H,1-5,9H2,(H2,16,19). The minimum atomic E-state index is -0.967. The molecule has 1 aliphatic heterocycles. The number of nitrogens with one attached hydrogen (secondary N) is 1. The monoisotopic (exact) mass is 276 g/mol. The Morgan fingerprint density at radius 3 is 2.80 bits per heavy atom. The Hall–Kier alpha value is -1.75. The summed E-state index contributed by atoms with van der Waals surface area (Å²) in [4.78, 5) is 12.1. The van der Waals surface area contributed by atoms with Crippen LogP contribution >= 0.6 is 0 Å². The Labute approximate surface area is 118 Å². The quantitative estimate of drug-likeness (QED) is 0.779. The van der Waals surface area contributed by atoms with Crippen LogP contribution in [0.2, 0.25) is 0 Å². The minimum Gasteiger partial charge on any atom is -0.508 e. The molecule has 1 heterocycles. The minimum absolute atomic E-state index is 0.127. The summed E-state index contributed by atoms with van der Waals surface area (Å²) in [6.07, 6.45) is 5.72. The lowest BCUT2D eigenvalue weighted by Crippen LogP contribution is -2.57. The van der Waals surface area contributed by atoms with Crippen molar-refractivity contribution in [1.82, 2.24) is 5.32 Å². The van der Waals surface area contributed by atoms with Crippen LogP contribution in [-0.4, -0.2) is 23.7 Å². The second kappa shape index (κ2) is 4.98. The van der Waals surface area contributed by atoms with Crippen LogP contribution in [0.4, 0.5) is 0 Å². The summed E-state index contributed by atoms with van der Waals surface area (Å²) < 4.78 is 5.57. The first kappa shape index (κ1) is 13.2. The number of fused-ring (bicyclic) bond motifs is 1. The fourth-order valence-corrected chi connectivity index (χ4v) is 3.24. The van der Waals surface area contributed by atoms with E-state index in [1.807, 2.05) is 0 Å². The molecule has 1 aromatic carbocycles. The van der Waals surface area contributed by atoms with Crippen molar-refractivity contribution < 1.29 is 14.6 Å². The summed E-state index contributed by atoms with van der Waals surface area (Å²) >= 11 is 0. The predicted octanol–water partition coefficient (Wildman–Crippen LogP) is 1.39.